The highest BCUT2D eigenvalue weighted by Crippen LogP contribution is 2.28. The number of carbonyl (C=O) groups excluding carboxylic acids is 2. The maximum atomic E-state index is 13.0. The monoisotopic (exact) mass is 433 g/mol. The SMILES string of the molecule is CCN(C(=O)c1cccc(NCC(=O)Nc2cc(OC)ccc2OC)c1)c1ccccc1. The van der Waals surface area contributed by atoms with E-state index in [0.717, 1.165) is 5.69 Å². The van der Waals surface area contributed by atoms with Crippen molar-refractivity contribution >= 4 is 28.9 Å². The number of benzene rings is 3. The number of anilines is 3. The maximum Gasteiger partial charge on any atom is 0.258 e. The average molecular weight is 434 g/mol. The summed E-state index contributed by atoms with van der Waals surface area (Å²) in [6.45, 7) is 2.50. The zero-order valence-electron chi connectivity index (χ0n) is 18.4. The summed E-state index contributed by atoms with van der Waals surface area (Å²) < 4.78 is 10.5. The summed E-state index contributed by atoms with van der Waals surface area (Å²) in [6, 6.07) is 21.8. The van der Waals surface area contributed by atoms with Gasteiger partial charge in [-0.2, -0.15) is 0 Å². The second-order valence-electron chi connectivity index (χ2n) is 6.93. The first-order valence-corrected chi connectivity index (χ1v) is 10.3. The van der Waals surface area contributed by atoms with E-state index in [1.807, 2.05) is 43.3 Å². The Balaban J connectivity index is 1.66. The van der Waals surface area contributed by atoms with Gasteiger partial charge in [-0.1, -0.05) is 24.3 Å². The molecule has 0 spiro atoms. The zero-order chi connectivity index (χ0) is 22.9. The zero-order valence-corrected chi connectivity index (χ0v) is 18.4. The number of methoxy groups -OCH3 is 2. The molecule has 0 bridgehead atoms. The molecule has 2 N–H and O–H groups in total. The lowest BCUT2D eigenvalue weighted by Gasteiger charge is -2.21. The standard InChI is InChI=1S/C25H27N3O4/c1-4-28(20-11-6-5-7-12-20)25(30)18-9-8-10-19(15-18)26-17-24(29)27-22-16-21(31-2)13-14-23(22)32-3/h5-16,26H,4,17H2,1-3H3,(H,27,29). The van der Waals surface area contributed by atoms with Crippen LogP contribution in [0.1, 0.15) is 17.3 Å². The topological polar surface area (TPSA) is 79.9 Å². The fourth-order valence-corrected chi connectivity index (χ4v) is 3.26. The van der Waals surface area contributed by atoms with Crippen LogP contribution in [0.4, 0.5) is 17.1 Å². The predicted octanol–water partition coefficient (Wildman–Crippen LogP) is 4.42. The lowest BCUT2D eigenvalue weighted by atomic mass is 10.1. The molecule has 0 aliphatic rings. The number of hydrogen-bond acceptors (Lipinski definition) is 5. The summed E-state index contributed by atoms with van der Waals surface area (Å²) in [4.78, 5) is 27.2. The first kappa shape index (κ1) is 22.7. The average Bonchev–Trinajstić information content (AvgIpc) is 2.84. The molecule has 0 fully saturated rings. The van der Waals surface area contributed by atoms with Crippen LogP contribution in [-0.2, 0) is 4.79 Å². The molecule has 0 saturated carbocycles. The van der Waals surface area contributed by atoms with Crippen molar-refractivity contribution in [3.05, 3.63) is 78.4 Å². The predicted molar refractivity (Wildman–Crippen MR) is 127 cm³/mol. The maximum absolute atomic E-state index is 13.0. The molecule has 0 aromatic heterocycles. The molecule has 0 aliphatic carbocycles. The van der Waals surface area contributed by atoms with Crippen LogP contribution in [0.3, 0.4) is 0 Å². The third-order valence-corrected chi connectivity index (χ3v) is 4.87. The van der Waals surface area contributed by atoms with E-state index in [9.17, 15) is 9.59 Å². The van der Waals surface area contributed by atoms with E-state index < -0.39 is 0 Å². The molecule has 3 aromatic rings. The van der Waals surface area contributed by atoms with Gasteiger partial charge in [-0.3, -0.25) is 9.59 Å². The molecule has 166 valence electrons. The Morgan fingerprint density at radius 1 is 0.906 bits per heavy atom. The Morgan fingerprint density at radius 2 is 1.69 bits per heavy atom. The lowest BCUT2D eigenvalue weighted by Crippen LogP contribution is -2.30. The number of para-hydroxylation sites is 1. The van der Waals surface area contributed by atoms with Crippen molar-refractivity contribution < 1.29 is 19.1 Å². The van der Waals surface area contributed by atoms with Gasteiger partial charge >= 0.3 is 0 Å². The van der Waals surface area contributed by atoms with Crippen LogP contribution in [0.2, 0.25) is 0 Å². The third-order valence-electron chi connectivity index (χ3n) is 4.87. The molecule has 3 aromatic carbocycles. The Hall–Kier alpha value is -4.00. The van der Waals surface area contributed by atoms with Gasteiger partial charge in [-0.25, -0.2) is 0 Å². The summed E-state index contributed by atoms with van der Waals surface area (Å²) in [6.07, 6.45) is 0. The van der Waals surface area contributed by atoms with Crippen molar-refractivity contribution in [2.45, 2.75) is 6.92 Å². The Kier molecular flexibility index (Phi) is 7.70. The largest absolute Gasteiger partial charge is 0.497 e. The second kappa shape index (κ2) is 10.9. The second-order valence-corrected chi connectivity index (χ2v) is 6.93. The molecule has 0 saturated heterocycles. The summed E-state index contributed by atoms with van der Waals surface area (Å²) in [7, 11) is 3.09. The van der Waals surface area contributed by atoms with Crippen molar-refractivity contribution in [2.24, 2.45) is 0 Å². The van der Waals surface area contributed by atoms with Crippen LogP contribution in [-0.4, -0.2) is 39.1 Å². The molecule has 32 heavy (non-hydrogen) atoms. The summed E-state index contributed by atoms with van der Waals surface area (Å²) >= 11 is 0. The molecular weight excluding hydrogens is 406 g/mol. The van der Waals surface area contributed by atoms with Gasteiger partial charge in [0.25, 0.3) is 5.91 Å². The van der Waals surface area contributed by atoms with Crippen molar-refractivity contribution in [3.8, 4) is 11.5 Å². The van der Waals surface area contributed by atoms with E-state index in [0.29, 0.717) is 35.0 Å². The van der Waals surface area contributed by atoms with E-state index >= 15 is 0 Å². The van der Waals surface area contributed by atoms with E-state index in [1.54, 1.807) is 48.4 Å². The fraction of sp³-hybridized carbons (Fsp3) is 0.200. The van der Waals surface area contributed by atoms with Gasteiger partial charge in [0.05, 0.1) is 26.5 Å². The Morgan fingerprint density at radius 3 is 2.38 bits per heavy atom. The minimum Gasteiger partial charge on any atom is -0.497 e. The fourth-order valence-electron chi connectivity index (χ4n) is 3.26. The minimum atomic E-state index is -0.257. The Bertz CT molecular complexity index is 1070. The van der Waals surface area contributed by atoms with Crippen LogP contribution in [0.5, 0.6) is 11.5 Å². The minimum absolute atomic E-state index is 0.0220. The molecule has 0 unspecified atom stereocenters. The van der Waals surface area contributed by atoms with E-state index in [4.69, 9.17) is 9.47 Å². The van der Waals surface area contributed by atoms with E-state index in [-0.39, 0.29) is 18.4 Å². The Labute approximate surface area is 188 Å². The number of rotatable bonds is 9. The quantitative estimate of drug-likeness (QED) is 0.522. The number of nitrogens with zero attached hydrogens (tertiary/aromatic N) is 1. The molecule has 3 rings (SSSR count). The number of carbonyl (C=O) groups is 2. The molecular formula is C25H27N3O4. The first-order valence-electron chi connectivity index (χ1n) is 10.3. The summed E-state index contributed by atoms with van der Waals surface area (Å²) in [5.41, 5.74) is 2.57. The van der Waals surface area contributed by atoms with Gasteiger partial charge in [0.2, 0.25) is 5.91 Å². The van der Waals surface area contributed by atoms with Crippen LogP contribution in [0.15, 0.2) is 72.8 Å². The van der Waals surface area contributed by atoms with E-state index in [1.165, 1.54) is 7.11 Å². The van der Waals surface area contributed by atoms with Crippen LogP contribution in [0.25, 0.3) is 0 Å². The van der Waals surface area contributed by atoms with Gasteiger partial charge in [0.1, 0.15) is 11.5 Å². The normalized spacial score (nSPS) is 10.2. The van der Waals surface area contributed by atoms with Gasteiger partial charge in [0.15, 0.2) is 0 Å². The highest BCUT2D eigenvalue weighted by molar-refractivity contribution is 6.06. The number of ether oxygens (including phenoxy) is 2. The highest BCUT2D eigenvalue weighted by atomic mass is 16.5. The number of hydrogen-bond donors (Lipinski definition) is 2. The van der Waals surface area contributed by atoms with Crippen LogP contribution < -0.4 is 25.0 Å². The molecule has 0 atom stereocenters. The first-order chi connectivity index (χ1) is 15.5. The van der Waals surface area contributed by atoms with Gasteiger partial charge < -0.3 is 25.0 Å². The third kappa shape index (κ3) is 5.57. The van der Waals surface area contributed by atoms with E-state index in [2.05, 4.69) is 10.6 Å². The van der Waals surface area contributed by atoms with Crippen molar-refractivity contribution in [2.75, 3.05) is 42.8 Å². The van der Waals surface area contributed by atoms with Crippen molar-refractivity contribution in [3.63, 3.8) is 0 Å². The molecule has 7 heteroatoms. The van der Waals surface area contributed by atoms with Crippen LogP contribution in [0, 0.1) is 0 Å². The molecule has 0 heterocycles. The van der Waals surface area contributed by atoms with Gasteiger partial charge in [-0.05, 0) is 49.4 Å². The van der Waals surface area contributed by atoms with Crippen molar-refractivity contribution in [1.29, 1.82) is 0 Å². The molecule has 7 nitrogen and oxygen atoms in total. The summed E-state index contributed by atoms with van der Waals surface area (Å²) in [5, 5.41) is 5.88. The van der Waals surface area contributed by atoms with Crippen molar-refractivity contribution in [1.82, 2.24) is 0 Å². The molecule has 0 radical (unpaired) electrons. The van der Waals surface area contributed by atoms with Gasteiger partial charge in [-0.15, -0.1) is 0 Å². The highest BCUT2D eigenvalue weighted by Gasteiger charge is 2.16. The molecule has 0 aliphatic heterocycles. The van der Waals surface area contributed by atoms with Crippen LogP contribution >= 0.6 is 0 Å². The molecule has 2 amide bonds. The number of nitrogens with one attached hydrogen (secondary N) is 2. The smallest absolute Gasteiger partial charge is 0.258 e. The summed E-state index contributed by atoms with van der Waals surface area (Å²) in [5.74, 6) is 0.784. The lowest BCUT2D eigenvalue weighted by molar-refractivity contribution is -0.114. The number of amides is 2. The van der Waals surface area contributed by atoms with Gasteiger partial charge in [0, 0.05) is 29.5 Å².